The lowest BCUT2D eigenvalue weighted by Gasteiger charge is -2.47. The number of methoxy groups -OCH3 is 2. The van der Waals surface area contributed by atoms with E-state index in [0.717, 1.165) is 0 Å². The first kappa shape index (κ1) is 17.2. The summed E-state index contributed by atoms with van der Waals surface area (Å²) in [5.74, 6) is -3.61. The number of esters is 1. The van der Waals surface area contributed by atoms with Gasteiger partial charge in [-0.1, -0.05) is 12.2 Å². The Morgan fingerprint density at radius 1 is 0.857 bits per heavy atom. The standard InChI is InChI=1S/C13H14O5.C2H6O/c1-18-13(17)12-8-3-2-7(11(12)6-16)9(4-14)10(8)5-15;1-3-2/h2-12H,1H3;1-2H3. The van der Waals surface area contributed by atoms with E-state index in [-0.39, 0.29) is 5.92 Å². The highest BCUT2D eigenvalue weighted by Crippen LogP contribution is 2.49. The quantitative estimate of drug-likeness (QED) is 0.421. The SMILES string of the molecule is COC.COC(=O)C1C(C=O)C2C=CC1C(C=O)C2C=O. The number of fused-ring (bicyclic) bond motifs is 2. The highest BCUT2D eigenvalue weighted by atomic mass is 16.5. The van der Waals surface area contributed by atoms with Gasteiger partial charge in [0.2, 0.25) is 0 Å². The Balaban J connectivity index is 0.000000677. The second kappa shape index (κ2) is 7.83. The van der Waals surface area contributed by atoms with Gasteiger partial charge in [0.25, 0.3) is 0 Å². The van der Waals surface area contributed by atoms with Crippen LogP contribution >= 0.6 is 0 Å². The molecule has 0 saturated heterocycles. The molecule has 0 aromatic heterocycles. The molecular formula is C15H20O6. The fraction of sp³-hybridized carbons (Fsp3) is 0.600. The molecule has 3 aliphatic rings. The summed E-state index contributed by atoms with van der Waals surface area (Å²) >= 11 is 0. The number of rotatable bonds is 4. The second-order valence-corrected chi connectivity index (χ2v) is 5.14. The lowest BCUT2D eigenvalue weighted by molar-refractivity contribution is -0.158. The number of carbonyl (C=O) groups excluding carboxylic acids is 4. The summed E-state index contributed by atoms with van der Waals surface area (Å²) in [6.45, 7) is 0. The Morgan fingerprint density at radius 3 is 1.71 bits per heavy atom. The van der Waals surface area contributed by atoms with Crippen LogP contribution in [0.25, 0.3) is 0 Å². The van der Waals surface area contributed by atoms with E-state index in [2.05, 4.69) is 4.74 Å². The second-order valence-electron chi connectivity index (χ2n) is 5.14. The van der Waals surface area contributed by atoms with Crippen LogP contribution in [0.4, 0.5) is 0 Å². The van der Waals surface area contributed by atoms with Crippen LogP contribution in [-0.4, -0.2) is 46.2 Å². The predicted molar refractivity (Wildman–Crippen MR) is 73.2 cm³/mol. The van der Waals surface area contributed by atoms with E-state index in [1.54, 1.807) is 26.4 Å². The van der Waals surface area contributed by atoms with Crippen LogP contribution in [0.2, 0.25) is 0 Å². The summed E-state index contributed by atoms with van der Waals surface area (Å²) in [4.78, 5) is 45.2. The highest BCUT2D eigenvalue weighted by molar-refractivity contribution is 5.81. The number of carbonyl (C=O) groups is 4. The molecule has 6 heteroatoms. The van der Waals surface area contributed by atoms with Crippen molar-refractivity contribution in [1.82, 2.24) is 0 Å². The van der Waals surface area contributed by atoms with Crippen LogP contribution in [-0.2, 0) is 28.7 Å². The van der Waals surface area contributed by atoms with E-state index < -0.39 is 35.6 Å². The molecule has 3 aliphatic carbocycles. The lowest BCUT2D eigenvalue weighted by atomic mass is 9.54. The number of hydrogen-bond donors (Lipinski definition) is 0. The molecule has 0 amide bonds. The Kier molecular flexibility index (Phi) is 6.42. The Morgan fingerprint density at radius 2 is 1.29 bits per heavy atom. The van der Waals surface area contributed by atoms with Gasteiger partial charge in [0.15, 0.2) is 0 Å². The van der Waals surface area contributed by atoms with Gasteiger partial charge in [-0.3, -0.25) is 4.79 Å². The molecule has 21 heavy (non-hydrogen) atoms. The summed E-state index contributed by atoms with van der Waals surface area (Å²) in [6.07, 6.45) is 5.63. The molecule has 6 atom stereocenters. The fourth-order valence-corrected chi connectivity index (χ4v) is 3.26. The van der Waals surface area contributed by atoms with Gasteiger partial charge in [-0.15, -0.1) is 0 Å². The zero-order chi connectivity index (χ0) is 16.0. The summed E-state index contributed by atoms with van der Waals surface area (Å²) in [6, 6.07) is 0. The van der Waals surface area contributed by atoms with Crippen molar-refractivity contribution in [2.24, 2.45) is 35.5 Å². The third-order valence-electron chi connectivity index (χ3n) is 4.11. The van der Waals surface area contributed by atoms with Crippen molar-refractivity contribution in [3.63, 3.8) is 0 Å². The van der Waals surface area contributed by atoms with Gasteiger partial charge in [0.1, 0.15) is 18.9 Å². The third-order valence-corrected chi connectivity index (χ3v) is 4.11. The predicted octanol–water partition coefficient (Wildman–Crippen LogP) is 0.299. The Bertz CT molecular complexity index is 430. The molecule has 0 aromatic rings. The first-order chi connectivity index (χ1) is 10.1. The van der Waals surface area contributed by atoms with Crippen molar-refractivity contribution in [3.05, 3.63) is 12.2 Å². The first-order valence-corrected chi connectivity index (χ1v) is 6.63. The lowest BCUT2D eigenvalue weighted by Crippen LogP contribution is -2.52. The number of ether oxygens (including phenoxy) is 2. The zero-order valence-electron chi connectivity index (χ0n) is 12.3. The van der Waals surface area contributed by atoms with Gasteiger partial charge in [-0.2, -0.15) is 0 Å². The van der Waals surface area contributed by atoms with Gasteiger partial charge < -0.3 is 23.9 Å². The molecular weight excluding hydrogens is 276 g/mol. The summed E-state index contributed by atoms with van der Waals surface area (Å²) in [7, 11) is 4.50. The monoisotopic (exact) mass is 296 g/mol. The van der Waals surface area contributed by atoms with Crippen molar-refractivity contribution in [1.29, 1.82) is 0 Å². The van der Waals surface area contributed by atoms with Gasteiger partial charge in [-0.25, -0.2) is 0 Å². The zero-order valence-corrected chi connectivity index (χ0v) is 12.3. The van der Waals surface area contributed by atoms with E-state index in [1.165, 1.54) is 7.11 Å². The summed E-state index contributed by atoms with van der Waals surface area (Å²) in [5.41, 5.74) is 0. The van der Waals surface area contributed by atoms with Gasteiger partial charge in [0, 0.05) is 37.9 Å². The third kappa shape index (κ3) is 3.10. The molecule has 0 spiro atoms. The number of aldehydes is 3. The molecule has 3 rings (SSSR count). The maximum absolute atomic E-state index is 11.8. The molecule has 2 bridgehead atoms. The molecule has 1 fully saturated rings. The van der Waals surface area contributed by atoms with E-state index >= 15 is 0 Å². The molecule has 0 heterocycles. The van der Waals surface area contributed by atoms with Crippen LogP contribution < -0.4 is 0 Å². The number of hydrogen-bond acceptors (Lipinski definition) is 6. The van der Waals surface area contributed by atoms with Crippen LogP contribution in [0.5, 0.6) is 0 Å². The van der Waals surface area contributed by atoms with Crippen LogP contribution in [0.15, 0.2) is 12.2 Å². The summed E-state index contributed by atoms with van der Waals surface area (Å²) < 4.78 is 8.95. The molecule has 6 nitrogen and oxygen atoms in total. The number of allylic oxidation sites excluding steroid dienone is 2. The van der Waals surface area contributed by atoms with Crippen molar-refractivity contribution in [2.75, 3.05) is 21.3 Å². The molecule has 6 unspecified atom stereocenters. The van der Waals surface area contributed by atoms with E-state index in [0.29, 0.717) is 18.9 Å². The van der Waals surface area contributed by atoms with Crippen LogP contribution in [0, 0.1) is 35.5 Å². The Hall–Kier alpha value is -1.82. The van der Waals surface area contributed by atoms with E-state index in [1.807, 2.05) is 0 Å². The average molecular weight is 296 g/mol. The molecule has 0 aromatic carbocycles. The molecule has 0 aliphatic heterocycles. The largest absolute Gasteiger partial charge is 0.469 e. The summed E-state index contributed by atoms with van der Waals surface area (Å²) in [5, 5.41) is 0. The van der Waals surface area contributed by atoms with Crippen molar-refractivity contribution < 1.29 is 28.7 Å². The smallest absolute Gasteiger partial charge is 0.310 e. The van der Waals surface area contributed by atoms with Crippen LogP contribution in [0.3, 0.4) is 0 Å². The van der Waals surface area contributed by atoms with Crippen molar-refractivity contribution in [3.8, 4) is 0 Å². The topological polar surface area (TPSA) is 86.7 Å². The first-order valence-electron chi connectivity index (χ1n) is 6.63. The van der Waals surface area contributed by atoms with Gasteiger partial charge in [0.05, 0.1) is 13.0 Å². The minimum atomic E-state index is -0.658. The molecule has 1 saturated carbocycles. The van der Waals surface area contributed by atoms with E-state index in [4.69, 9.17) is 4.74 Å². The minimum Gasteiger partial charge on any atom is -0.469 e. The molecule has 0 N–H and O–H groups in total. The molecule has 0 radical (unpaired) electrons. The van der Waals surface area contributed by atoms with Crippen LogP contribution in [0.1, 0.15) is 0 Å². The average Bonchev–Trinajstić information content (AvgIpc) is 2.53. The fourth-order valence-electron chi connectivity index (χ4n) is 3.26. The normalized spacial score (nSPS) is 36.1. The highest BCUT2D eigenvalue weighted by Gasteiger charge is 2.54. The van der Waals surface area contributed by atoms with Gasteiger partial charge in [-0.05, 0) is 5.92 Å². The maximum Gasteiger partial charge on any atom is 0.310 e. The minimum absolute atomic E-state index is 0.385. The maximum atomic E-state index is 11.8. The van der Waals surface area contributed by atoms with Crippen molar-refractivity contribution in [2.45, 2.75) is 0 Å². The molecule has 116 valence electrons. The Labute approximate surface area is 123 Å². The van der Waals surface area contributed by atoms with Crippen molar-refractivity contribution >= 4 is 24.8 Å². The van der Waals surface area contributed by atoms with E-state index in [9.17, 15) is 19.2 Å². The van der Waals surface area contributed by atoms with Gasteiger partial charge >= 0.3 is 5.97 Å².